The largest absolute Gasteiger partial charge is 0.350 e. The number of likely N-dealkylation sites (N-methyl/N-ethyl adjacent to an activating group) is 1. The highest BCUT2D eigenvalue weighted by Gasteiger charge is 2.19. The summed E-state index contributed by atoms with van der Waals surface area (Å²) in [4.78, 5) is 35.9. The second kappa shape index (κ2) is 7.85. The lowest BCUT2D eigenvalue weighted by Gasteiger charge is -2.19. The van der Waals surface area contributed by atoms with Crippen molar-refractivity contribution < 1.29 is 9.59 Å². The summed E-state index contributed by atoms with van der Waals surface area (Å²) in [5.41, 5.74) is 1.63. The summed E-state index contributed by atoms with van der Waals surface area (Å²) in [7, 11) is 0. The van der Waals surface area contributed by atoms with E-state index in [1.54, 1.807) is 11.3 Å². The lowest BCUT2D eigenvalue weighted by molar-refractivity contribution is -0.121. The average molecular weight is 354 g/mol. The van der Waals surface area contributed by atoms with Gasteiger partial charge in [-0.25, -0.2) is 4.98 Å². The SMILES string of the molecule is CCN(CC(=O)NCc1cccs1)C(=O)c1cnc2ccccc2n1. The van der Waals surface area contributed by atoms with E-state index in [0.29, 0.717) is 18.6 Å². The highest BCUT2D eigenvalue weighted by Crippen LogP contribution is 2.10. The number of nitrogens with zero attached hydrogens (tertiary/aromatic N) is 3. The van der Waals surface area contributed by atoms with E-state index in [-0.39, 0.29) is 24.1 Å². The molecule has 1 N–H and O–H groups in total. The quantitative estimate of drug-likeness (QED) is 0.738. The Morgan fingerprint density at radius 1 is 1.16 bits per heavy atom. The number of para-hydroxylation sites is 2. The molecule has 1 aromatic carbocycles. The molecule has 25 heavy (non-hydrogen) atoms. The molecule has 0 fully saturated rings. The smallest absolute Gasteiger partial charge is 0.274 e. The number of carbonyl (C=O) groups excluding carboxylic acids is 2. The number of hydrogen-bond acceptors (Lipinski definition) is 5. The Hall–Kier alpha value is -2.80. The normalized spacial score (nSPS) is 10.6. The maximum Gasteiger partial charge on any atom is 0.274 e. The molecule has 0 atom stereocenters. The lowest BCUT2D eigenvalue weighted by atomic mass is 10.3. The fraction of sp³-hybridized carbons (Fsp3) is 0.222. The summed E-state index contributed by atoms with van der Waals surface area (Å²) >= 11 is 1.58. The summed E-state index contributed by atoms with van der Waals surface area (Å²) in [6.07, 6.45) is 1.46. The zero-order chi connectivity index (χ0) is 17.6. The Morgan fingerprint density at radius 2 is 1.96 bits per heavy atom. The van der Waals surface area contributed by atoms with Gasteiger partial charge in [0.1, 0.15) is 5.69 Å². The van der Waals surface area contributed by atoms with E-state index in [2.05, 4.69) is 15.3 Å². The van der Waals surface area contributed by atoms with Crippen molar-refractivity contribution >= 4 is 34.2 Å². The molecule has 3 rings (SSSR count). The Kier molecular flexibility index (Phi) is 5.35. The van der Waals surface area contributed by atoms with E-state index in [0.717, 1.165) is 10.4 Å². The summed E-state index contributed by atoms with van der Waals surface area (Å²) in [6.45, 7) is 2.71. The fourth-order valence-electron chi connectivity index (χ4n) is 2.38. The number of fused-ring (bicyclic) bond motifs is 1. The molecule has 0 bridgehead atoms. The number of hydrogen-bond donors (Lipinski definition) is 1. The molecule has 0 unspecified atom stereocenters. The minimum atomic E-state index is -0.299. The number of aromatic nitrogens is 2. The Balaban J connectivity index is 1.66. The molecular formula is C18H18N4O2S. The molecule has 0 spiro atoms. The first kappa shape index (κ1) is 17.0. The first-order valence-electron chi connectivity index (χ1n) is 7.97. The van der Waals surface area contributed by atoms with Crippen LogP contribution in [-0.2, 0) is 11.3 Å². The van der Waals surface area contributed by atoms with Crippen molar-refractivity contribution in [1.29, 1.82) is 0 Å². The molecule has 6 nitrogen and oxygen atoms in total. The van der Waals surface area contributed by atoms with Gasteiger partial charge in [0.2, 0.25) is 5.91 Å². The molecule has 7 heteroatoms. The second-order valence-corrected chi connectivity index (χ2v) is 6.45. The maximum absolute atomic E-state index is 12.6. The van der Waals surface area contributed by atoms with Crippen molar-refractivity contribution in [2.75, 3.05) is 13.1 Å². The van der Waals surface area contributed by atoms with Gasteiger partial charge in [0.25, 0.3) is 5.91 Å². The van der Waals surface area contributed by atoms with Crippen molar-refractivity contribution in [3.63, 3.8) is 0 Å². The van der Waals surface area contributed by atoms with Crippen LogP contribution < -0.4 is 5.32 Å². The van der Waals surface area contributed by atoms with Crippen molar-refractivity contribution in [2.45, 2.75) is 13.5 Å². The van der Waals surface area contributed by atoms with E-state index in [9.17, 15) is 9.59 Å². The monoisotopic (exact) mass is 354 g/mol. The highest BCUT2D eigenvalue weighted by molar-refractivity contribution is 7.09. The molecule has 2 aromatic heterocycles. The van der Waals surface area contributed by atoms with Crippen LogP contribution in [0.4, 0.5) is 0 Å². The summed E-state index contributed by atoms with van der Waals surface area (Å²) in [5, 5.41) is 4.79. The van der Waals surface area contributed by atoms with Gasteiger partial charge < -0.3 is 10.2 Å². The van der Waals surface area contributed by atoms with E-state index in [1.165, 1.54) is 11.1 Å². The van der Waals surface area contributed by atoms with Crippen LogP contribution in [0.3, 0.4) is 0 Å². The number of carbonyl (C=O) groups is 2. The van der Waals surface area contributed by atoms with Gasteiger partial charge in [0.15, 0.2) is 0 Å². The Labute approximate surface area is 149 Å². The van der Waals surface area contributed by atoms with Crippen LogP contribution in [-0.4, -0.2) is 39.8 Å². The summed E-state index contributed by atoms with van der Waals surface area (Å²) in [6, 6.07) is 11.3. The van der Waals surface area contributed by atoms with Crippen LogP contribution >= 0.6 is 11.3 Å². The third-order valence-electron chi connectivity index (χ3n) is 3.71. The van der Waals surface area contributed by atoms with Crippen LogP contribution in [0.2, 0.25) is 0 Å². The van der Waals surface area contributed by atoms with E-state index in [4.69, 9.17) is 0 Å². The molecule has 128 valence electrons. The molecule has 0 saturated heterocycles. The van der Waals surface area contributed by atoms with Crippen LogP contribution in [0.25, 0.3) is 11.0 Å². The third kappa shape index (κ3) is 4.19. The van der Waals surface area contributed by atoms with Crippen LogP contribution in [0.1, 0.15) is 22.3 Å². The molecular weight excluding hydrogens is 336 g/mol. The Bertz CT molecular complexity index is 880. The molecule has 0 aliphatic carbocycles. The molecule has 0 aliphatic heterocycles. The molecule has 2 heterocycles. The predicted octanol–water partition coefficient (Wildman–Crippen LogP) is 2.47. The molecule has 3 aromatic rings. The maximum atomic E-state index is 12.6. The van der Waals surface area contributed by atoms with Gasteiger partial charge in [-0.15, -0.1) is 11.3 Å². The second-order valence-electron chi connectivity index (χ2n) is 5.42. The topological polar surface area (TPSA) is 75.2 Å². The van der Waals surface area contributed by atoms with Gasteiger partial charge in [-0.1, -0.05) is 18.2 Å². The number of amides is 2. The van der Waals surface area contributed by atoms with Gasteiger partial charge in [-0.2, -0.15) is 0 Å². The average Bonchev–Trinajstić information content (AvgIpc) is 3.17. The number of nitrogens with one attached hydrogen (secondary N) is 1. The van der Waals surface area contributed by atoms with Crippen LogP contribution in [0.15, 0.2) is 48.0 Å². The van der Waals surface area contributed by atoms with Gasteiger partial charge in [-0.3, -0.25) is 14.6 Å². The minimum absolute atomic E-state index is 0.00475. The van der Waals surface area contributed by atoms with E-state index < -0.39 is 0 Å². The number of thiophene rings is 1. The highest BCUT2D eigenvalue weighted by atomic mass is 32.1. The molecule has 0 radical (unpaired) electrons. The molecule has 2 amide bonds. The summed E-state index contributed by atoms with van der Waals surface area (Å²) in [5.74, 6) is -0.496. The first-order valence-corrected chi connectivity index (χ1v) is 8.85. The lowest BCUT2D eigenvalue weighted by Crippen LogP contribution is -2.40. The number of benzene rings is 1. The number of rotatable bonds is 6. The zero-order valence-electron chi connectivity index (χ0n) is 13.8. The van der Waals surface area contributed by atoms with E-state index in [1.807, 2.05) is 48.7 Å². The van der Waals surface area contributed by atoms with Crippen LogP contribution in [0, 0.1) is 0 Å². The Morgan fingerprint density at radius 3 is 2.68 bits per heavy atom. The van der Waals surface area contributed by atoms with E-state index >= 15 is 0 Å². The standard InChI is InChI=1S/C18H18N4O2S/c1-2-22(12-17(23)20-10-13-6-5-9-25-13)18(24)16-11-19-14-7-3-4-8-15(14)21-16/h3-9,11H,2,10,12H2,1H3,(H,20,23). The fourth-order valence-corrected chi connectivity index (χ4v) is 3.02. The molecule has 0 aliphatic rings. The van der Waals surface area contributed by atoms with Gasteiger partial charge in [0, 0.05) is 11.4 Å². The van der Waals surface area contributed by atoms with Crippen molar-refractivity contribution in [3.8, 4) is 0 Å². The first-order chi connectivity index (χ1) is 12.2. The van der Waals surface area contributed by atoms with Gasteiger partial charge in [-0.05, 0) is 30.5 Å². The van der Waals surface area contributed by atoms with Crippen LogP contribution in [0.5, 0.6) is 0 Å². The van der Waals surface area contributed by atoms with Crippen molar-refractivity contribution in [2.24, 2.45) is 0 Å². The summed E-state index contributed by atoms with van der Waals surface area (Å²) < 4.78 is 0. The van der Waals surface area contributed by atoms with Gasteiger partial charge in [0.05, 0.1) is 30.3 Å². The zero-order valence-corrected chi connectivity index (χ0v) is 14.6. The minimum Gasteiger partial charge on any atom is -0.350 e. The third-order valence-corrected chi connectivity index (χ3v) is 4.59. The van der Waals surface area contributed by atoms with Crippen molar-refractivity contribution in [1.82, 2.24) is 20.2 Å². The van der Waals surface area contributed by atoms with Gasteiger partial charge >= 0.3 is 0 Å². The molecule has 0 saturated carbocycles. The van der Waals surface area contributed by atoms with Crippen molar-refractivity contribution in [3.05, 3.63) is 58.5 Å². The predicted molar refractivity (Wildman–Crippen MR) is 97.3 cm³/mol.